The van der Waals surface area contributed by atoms with Crippen LogP contribution in [0.1, 0.15) is 22.7 Å². The zero-order valence-electron chi connectivity index (χ0n) is 10.5. The lowest BCUT2D eigenvalue weighted by atomic mass is 10.3. The topological polar surface area (TPSA) is 98.0 Å². The summed E-state index contributed by atoms with van der Waals surface area (Å²) < 4.78 is 26.8. The summed E-state index contributed by atoms with van der Waals surface area (Å²) in [7, 11) is -3.64. The fourth-order valence-electron chi connectivity index (χ4n) is 1.51. The molecule has 0 aromatic carbocycles. The smallest absolute Gasteiger partial charge is 0.244 e. The van der Waals surface area contributed by atoms with Crippen LogP contribution in [0.4, 0.5) is 5.95 Å². The van der Waals surface area contributed by atoms with Gasteiger partial charge in [-0.3, -0.25) is 0 Å². The van der Waals surface area contributed by atoms with E-state index in [9.17, 15) is 8.42 Å². The molecule has 2 heterocycles. The molecule has 0 radical (unpaired) electrons. The van der Waals surface area contributed by atoms with Gasteiger partial charge in [0.1, 0.15) is 4.90 Å². The molecule has 0 bridgehead atoms. The standard InChI is InChI=1S/C11H14N4O2S2/c1-7-3-4-10(18-7)8(2)15-19(16,17)9-5-13-11(12)14-6-9/h3-6,8,15H,1-2H3,(H2,12,13,14). The number of hydrogen-bond acceptors (Lipinski definition) is 6. The fourth-order valence-corrected chi connectivity index (χ4v) is 3.58. The van der Waals surface area contributed by atoms with E-state index >= 15 is 0 Å². The molecular weight excluding hydrogens is 284 g/mol. The first-order valence-electron chi connectivity index (χ1n) is 5.54. The minimum absolute atomic E-state index is 0.00169. The normalized spacial score (nSPS) is 13.4. The summed E-state index contributed by atoms with van der Waals surface area (Å²) in [6.45, 7) is 3.77. The molecule has 0 amide bonds. The second kappa shape index (κ2) is 5.24. The van der Waals surface area contributed by atoms with E-state index in [1.165, 1.54) is 12.4 Å². The zero-order valence-corrected chi connectivity index (χ0v) is 12.1. The van der Waals surface area contributed by atoms with Crippen molar-refractivity contribution in [2.75, 3.05) is 5.73 Å². The van der Waals surface area contributed by atoms with E-state index in [1.807, 2.05) is 19.1 Å². The van der Waals surface area contributed by atoms with Crippen LogP contribution >= 0.6 is 11.3 Å². The summed E-state index contributed by atoms with van der Waals surface area (Å²) in [5, 5.41) is 0. The maximum atomic E-state index is 12.1. The van der Waals surface area contributed by atoms with Gasteiger partial charge in [-0.05, 0) is 26.0 Å². The second-order valence-corrected chi connectivity index (χ2v) is 7.10. The van der Waals surface area contributed by atoms with Crippen molar-refractivity contribution < 1.29 is 8.42 Å². The van der Waals surface area contributed by atoms with Crippen LogP contribution in [-0.2, 0) is 10.0 Å². The Hall–Kier alpha value is -1.51. The molecule has 8 heteroatoms. The van der Waals surface area contributed by atoms with Crippen molar-refractivity contribution in [3.05, 3.63) is 34.3 Å². The Kier molecular flexibility index (Phi) is 3.83. The zero-order chi connectivity index (χ0) is 14.0. The number of hydrogen-bond donors (Lipinski definition) is 2. The van der Waals surface area contributed by atoms with E-state index in [1.54, 1.807) is 18.3 Å². The maximum Gasteiger partial charge on any atom is 0.244 e. The third-order valence-corrected chi connectivity index (χ3v) is 5.16. The number of aromatic nitrogens is 2. The first-order chi connectivity index (χ1) is 8.88. The van der Waals surface area contributed by atoms with Gasteiger partial charge in [-0.2, -0.15) is 0 Å². The molecule has 19 heavy (non-hydrogen) atoms. The SMILES string of the molecule is Cc1ccc(C(C)NS(=O)(=O)c2cnc(N)nc2)s1. The molecule has 0 saturated carbocycles. The largest absolute Gasteiger partial charge is 0.368 e. The van der Waals surface area contributed by atoms with Gasteiger partial charge in [-0.15, -0.1) is 11.3 Å². The van der Waals surface area contributed by atoms with Crippen molar-refractivity contribution >= 4 is 27.3 Å². The molecule has 1 unspecified atom stereocenters. The lowest BCUT2D eigenvalue weighted by molar-refractivity contribution is 0.567. The number of rotatable bonds is 4. The molecule has 102 valence electrons. The Bertz CT molecular complexity index is 664. The predicted molar refractivity (Wildman–Crippen MR) is 74.2 cm³/mol. The van der Waals surface area contributed by atoms with Gasteiger partial charge in [0, 0.05) is 9.75 Å². The van der Waals surface area contributed by atoms with Gasteiger partial charge in [-0.1, -0.05) is 0 Å². The molecule has 1 atom stereocenters. The number of sulfonamides is 1. The van der Waals surface area contributed by atoms with Gasteiger partial charge >= 0.3 is 0 Å². The van der Waals surface area contributed by atoms with Gasteiger partial charge in [0.2, 0.25) is 16.0 Å². The lowest BCUT2D eigenvalue weighted by Gasteiger charge is -2.12. The molecule has 0 aliphatic heterocycles. The summed E-state index contributed by atoms with van der Waals surface area (Å²) in [6, 6.07) is 3.56. The van der Waals surface area contributed by atoms with Gasteiger partial charge < -0.3 is 5.73 Å². The van der Waals surface area contributed by atoms with E-state index in [-0.39, 0.29) is 16.9 Å². The molecule has 6 nitrogen and oxygen atoms in total. The second-order valence-electron chi connectivity index (χ2n) is 4.07. The first-order valence-corrected chi connectivity index (χ1v) is 7.84. The number of nitrogens with zero attached hydrogens (tertiary/aromatic N) is 2. The van der Waals surface area contributed by atoms with Crippen LogP contribution in [0.25, 0.3) is 0 Å². The third kappa shape index (κ3) is 3.28. The molecular formula is C11H14N4O2S2. The highest BCUT2D eigenvalue weighted by atomic mass is 32.2. The minimum Gasteiger partial charge on any atom is -0.368 e. The van der Waals surface area contributed by atoms with Crippen LogP contribution < -0.4 is 10.5 Å². The molecule has 3 N–H and O–H groups in total. The van der Waals surface area contributed by atoms with Crippen LogP contribution in [0, 0.1) is 6.92 Å². The Morgan fingerprint density at radius 1 is 1.32 bits per heavy atom. The molecule has 0 spiro atoms. The highest BCUT2D eigenvalue weighted by Crippen LogP contribution is 2.23. The lowest BCUT2D eigenvalue weighted by Crippen LogP contribution is -2.26. The molecule has 0 saturated heterocycles. The van der Waals surface area contributed by atoms with Crippen LogP contribution in [0.15, 0.2) is 29.4 Å². The summed E-state index contributed by atoms with van der Waals surface area (Å²) >= 11 is 1.56. The number of thiophene rings is 1. The molecule has 0 aliphatic rings. The summed E-state index contributed by atoms with van der Waals surface area (Å²) in [5.41, 5.74) is 5.33. The number of nitrogen functional groups attached to an aromatic ring is 1. The van der Waals surface area contributed by atoms with Crippen molar-refractivity contribution in [3.8, 4) is 0 Å². The van der Waals surface area contributed by atoms with E-state index in [4.69, 9.17) is 5.73 Å². The van der Waals surface area contributed by atoms with Gasteiger partial charge in [0.25, 0.3) is 0 Å². The summed E-state index contributed by atoms with van der Waals surface area (Å²) in [4.78, 5) is 9.45. The van der Waals surface area contributed by atoms with E-state index < -0.39 is 10.0 Å². The quantitative estimate of drug-likeness (QED) is 0.890. The van der Waals surface area contributed by atoms with Crippen LogP contribution in [-0.4, -0.2) is 18.4 Å². The third-order valence-electron chi connectivity index (χ3n) is 2.48. The van der Waals surface area contributed by atoms with Gasteiger partial charge in [0.15, 0.2) is 0 Å². The Balaban J connectivity index is 2.19. The summed E-state index contributed by atoms with van der Waals surface area (Å²) in [5.74, 6) is 0.0425. The fraction of sp³-hybridized carbons (Fsp3) is 0.273. The molecule has 2 aromatic heterocycles. The van der Waals surface area contributed by atoms with E-state index in [0.717, 1.165) is 9.75 Å². The van der Waals surface area contributed by atoms with Crippen molar-refractivity contribution in [2.45, 2.75) is 24.8 Å². The minimum atomic E-state index is -3.64. The van der Waals surface area contributed by atoms with Gasteiger partial charge in [0.05, 0.1) is 18.4 Å². The van der Waals surface area contributed by atoms with Crippen LogP contribution in [0.2, 0.25) is 0 Å². The van der Waals surface area contributed by atoms with Crippen molar-refractivity contribution in [3.63, 3.8) is 0 Å². The summed E-state index contributed by atoms with van der Waals surface area (Å²) in [6.07, 6.45) is 2.38. The van der Waals surface area contributed by atoms with Gasteiger partial charge in [-0.25, -0.2) is 23.1 Å². The molecule has 0 aliphatic carbocycles. The van der Waals surface area contributed by atoms with Crippen molar-refractivity contribution in [2.24, 2.45) is 0 Å². The number of nitrogens with two attached hydrogens (primary N) is 1. The Morgan fingerprint density at radius 2 is 1.95 bits per heavy atom. The van der Waals surface area contributed by atoms with Crippen LogP contribution in [0.5, 0.6) is 0 Å². The molecule has 0 fully saturated rings. The monoisotopic (exact) mass is 298 g/mol. The van der Waals surface area contributed by atoms with Crippen molar-refractivity contribution in [1.82, 2.24) is 14.7 Å². The van der Waals surface area contributed by atoms with Crippen LogP contribution in [0.3, 0.4) is 0 Å². The van der Waals surface area contributed by atoms with Crippen molar-refractivity contribution in [1.29, 1.82) is 0 Å². The number of anilines is 1. The van der Waals surface area contributed by atoms with E-state index in [0.29, 0.717) is 0 Å². The highest BCUT2D eigenvalue weighted by Gasteiger charge is 2.19. The Labute approximate surface area is 115 Å². The highest BCUT2D eigenvalue weighted by molar-refractivity contribution is 7.89. The average molecular weight is 298 g/mol. The Morgan fingerprint density at radius 3 is 2.47 bits per heavy atom. The number of nitrogens with one attached hydrogen (secondary N) is 1. The number of aryl methyl sites for hydroxylation is 1. The molecule has 2 rings (SSSR count). The average Bonchev–Trinajstić information content (AvgIpc) is 2.76. The predicted octanol–water partition coefficient (Wildman–Crippen LogP) is 1.47. The maximum absolute atomic E-state index is 12.1. The van der Waals surface area contributed by atoms with E-state index in [2.05, 4.69) is 14.7 Å². The first kappa shape index (κ1) is 13.9. The molecule has 2 aromatic rings.